The Bertz CT molecular complexity index is 941. The maximum atomic E-state index is 12.9. The van der Waals surface area contributed by atoms with Gasteiger partial charge in [-0.2, -0.15) is 0 Å². The first-order valence-corrected chi connectivity index (χ1v) is 9.76. The number of nitrogens with zero attached hydrogens (tertiary/aromatic N) is 5. The molecule has 1 atom stereocenters. The molecule has 8 nitrogen and oxygen atoms in total. The zero-order chi connectivity index (χ0) is 20.1. The van der Waals surface area contributed by atoms with E-state index in [0.717, 1.165) is 37.4 Å². The van der Waals surface area contributed by atoms with Crippen molar-refractivity contribution >= 4 is 11.6 Å². The molecule has 0 spiro atoms. The predicted molar refractivity (Wildman–Crippen MR) is 108 cm³/mol. The Morgan fingerprint density at radius 1 is 1.21 bits per heavy atom. The number of likely N-dealkylation sites (tertiary alicyclic amines) is 1. The van der Waals surface area contributed by atoms with E-state index in [1.54, 1.807) is 24.7 Å². The number of para-hydroxylation sites is 1. The molecule has 8 heteroatoms. The van der Waals surface area contributed by atoms with Gasteiger partial charge >= 0.3 is 0 Å². The average molecular weight is 392 g/mol. The Kier molecular flexibility index (Phi) is 5.81. The molecule has 3 heterocycles. The third-order valence-corrected chi connectivity index (χ3v) is 5.04. The Morgan fingerprint density at radius 3 is 2.79 bits per heavy atom. The number of amides is 1. The summed E-state index contributed by atoms with van der Waals surface area (Å²) in [6.07, 6.45) is 6.24. The van der Waals surface area contributed by atoms with Gasteiger partial charge in [0.25, 0.3) is 0 Å². The van der Waals surface area contributed by atoms with Gasteiger partial charge in [0.15, 0.2) is 0 Å². The van der Waals surface area contributed by atoms with Gasteiger partial charge in [0, 0.05) is 13.1 Å². The topological polar surface area (TPSA) is 85.2 Å². The van der Waals surface area contributed by atoms with Crippen LogP contribution in [-0.4, -0.2) is 43.1 Å². The van der Waals surface area contributed by atoms with Crippen molar-refractivity contribution in [1.82, 2.24) is 24.6 Å². The molecular weight excluding hydrogens is 368 g/mol. The van der Waals surface area contributed by atoms with Crippen molar-refractivity contribution < 1.29 is 9.53 Å². The standard InChI is InChI=1S/C21H24N6O2/c1-26-15-23-25-19(26)14-27-12-6-5-9-18(27)21(28)24-16-10-11-20(22-13-16)29-17-7-3-2-4-8-17/h2-4,7-8,10-11,13,15,18H,5-6,9,12,14H2,1H3,(H,24,28)/t18-/m0/s1. The second-order valence-electron chi connectivity index (χ2n) is 7.13. The SMILES string of the molecule is Cn1cnnc1CN1CCCC[C@H]1C(=O)Nc1ccc(Oc2ccccc2)nc1. The van der Waals surface area contributed by atoms with E-state index < -0.39 is 0 Å². The van der Waals surface area contributed by atoms with E-state index in [-0.39, 0.29) is 11.9 Å². The van der Waals surface area contributed by atoms with Gasteiger partial charge in [-0.1, -0.05) is 24.6 Å². The summed E-state index contributed by atoms with van der Waals surface area (Å²) in [6, 6.07) is 12.8. The Hall–Kier alpha value is -3.26. The van der Waals surface area contributed by atoms with Gasteiger partial charge in [0.1, 0.15) is 17.9 Å². The van der Waals surface area contributed by atoms with Crippen LogP contribution in [0.1, 0.15) is 25.1 Å². The number of aromatic nitrogens is 4. The van der Waals surface area contributed by atoms with E-state index in [9.17, 15) is 4.79 Å². The van der Waals surface area contributed by atoms with Crippen LogP contribution in [-0.2, 0) is 18.4 Å². The first kappa shape index (κ1) is 19.1. The zero-order valence-electron chi connectivity index (χ0n) is 16.4. The first-order valence-electron chi connectivity index (χ1n) is 9.76. The maximum Gasteiger partial charge on any atom is 0.241 e. The number of piperidine rings is 1. The smallest absolute Gasteiger partial charge is 0.241 e. The van der Waals surface area contributed by atoms with E-state index in [0.29, 0.717) is 18.1 Å². The number of pyridine rings is 1. The van der Waals surface area contributed by atoms with Crippen LogP contribution < -0.4 is 10.1 Å². The molecule has 1 saturated heterocycles. The van der Waals surface area contributed by atoms with Gasteiger partial charge in [0.05, 0.1) is 24.5 Å². The number of aryl methyl sites for hydroxylation is 1. The lowest BCUT2D eigenvalue weighted by atomic mass is 10.0. The summed E-state index contributed by atoms with van der Waals surface area (Å²) >= 11 is 0. The number of ether oxygens (including phenoxy) is 1. The zero-order valence-corrected chi connectivity index (χ0v) is 16.4. The molecule has 1 amide bonds. The summed E-state index contributed by atoms with van der Waals surface area (Å²) in [5.41, 5.74) is 0.652. The van der Waals surface area contributed by atoms with Crippen molar-refractivity contribution in [2.24, 2.45) is 7.05 Å². The van der Waals surface area contributed by atoms with Crippen molar-refractivity contribution in [2.75, 3.05) is 11.9 Å². The van der Waals surface area contributed by atoms with E-state index >= 15 is 0 Å². The largest absolute Gasteiger partial charge is 0.439 e. The Balaban J connectivity index is 1.38. The van der Waals surface area contributed by atoms with E-state index in [1.165, 1.54) is 0 Å². The van der Waals surface area contributed by atoms with E-state index in [1.807, 2.05) is 41.9 Å². The van der Waals surface area contributed by atoms with Crippen LogP contribution >= 0.6 is 0 Å². The molecule has 1 aliphatic heterocycles. The van der Waals surface area contributed by atoms with Gasteiger partial charge < -0.3 is 14.6 Å². The highest BCUT2D eigenvalue weighted by atomic mass is 16.5. The normalized spacial score (nSPS) is 17.1. The highest BCUT2D eigenvalue weighted by Crippen LogP contribution is 2.22. The molecule has 1 aliphatic rings. The minimum atomic E-state index is -0.194. The number of nitrogens with one attached hydrogen (secondary N) is 1. The molecule has 1 aromatic carbocycles. The van der Waals surface area contributed by atoms with Gasteiger partial charge in [0.2, 0.25) is 11.8 Å². The molecule has 0 unspecified atom stereocenters. The van der Waals surface area contributed by atoms with Crippen molar-refractivity contribution in [1.29, 1.82) is 0 Å². The van der Waals surface area contributed by atoms with Crippen LogP contribution in [0.15, 0.2) is 55.0 Å². The lowest BCUT2D eigenvalue weighted by Gasteiger charge is -2.34. The fourth-order valence-corrected chi connectivity index (χ4v) is 3.46. The van der Waals surface area contributed by atoms with Gasteiger partial charge in [-0.25, -0.2) is 4.98 Å². The summed E-state index contributed by atoms with van der Waals surface area (Å²) < 4.78 is 7.58. The quantitative estimate of drug-likeness (QED) is 0.694. The molecule has 0 aliphatic carbocycles. The number of rotatable bonds is 6. The summed E-state index contributed by atoms with van der Waals surface area (Å²) in [7, 11) is 1.92. The molecule has 150 valence electrons. The molecular formula is C21H24N6O2. The molecule has 0 bridgehead atoms. The lowest BCUT2D eigenvalue weighted by Crippen LogP contribution is -2.46. The van der Waals surface area contributed by atoms with Crippen LogP contribution in [0.4, 0.5) is 5.69 Å². The molecule has 29 heavy (non-hydrogen) atoms. The first-order chi connectivity index (χ1) is 14.2. The number of carbonyl (C=O) groups is 1. The Labute approximate surface area is 169 Å². The number of hydrogen-bond acceptors (Lipinski definition) is 6. The highest BCUT2D eigenvalue weighted by Gasteiger charge is 2.29. The molecule has 1 N–H and O–H groups in total. The molecule has 3 aromatic rings. The number of benzene rings is 1. The van der Waals surface area contributed by atoms with Gasteiger partial charge in [-0.15, -0.1) is 10.2 Å². The molecule has 1 fully saturated rings. The molecule has 0 saturated carbocycles. The maximum absolute atomic E-state index is 12.9. The number of anilines is 1. The third-order valence-electron chi connectivity index (χ3n) is 5.04. The van der Waals surface area contributed by atoms with E-state index in [2.05, 4.69) is 25.4 Å². The third kappa shape index (κ3) is 4.78. The average Bonchev–Trinajstić information content (AvgIpc) is 3.15. The predicted octanol–water partition coefficient (Wildman–Crippen LogP) is 3.00. The van der Waals surface area contributed by atoms with Crippen molar-refractivity contribution in [3.8, 4) is 11.6 Å². The molecule has 2 aromatic heterocycles. The summed E-state index contributed by atoms with van der Waals surface area (Å²) in [5.74, 6) is 2.04. The van der Waals surface area contributed by atoms with Crippen molar-refractivity contribution in [3.63, 3.8) is 0 Å². The summed E-state index contributed by atoms with van der Waals surface area (Å²) in [6.45, 7) is 1.48. The van der Waals surface area contributed by atoms with E-state index in [4.69, 9.17) is 4.74 Å². The minimum absolute atomic E-state index is 0.0228. The van der Waals surface area contributed by atoms with Crippen molar-refractivity contribution in [3.05, 3.63) is 60.8 Å². The van der Waals surface area contributed by atoms with Crippen LogP contribution in [0.5, 0.6) is 11.6 Å². The molecule has 4 rings (SSSR count). The minimum Gasteiger partial charge on any atom is -0.439 e. The second kappa shape index (κ2) is 8.83. The van der Waals surface area contributed by atoms with Crippen LogP contribution in [0, 0.1) is 0 Å². The number of hydrogen-bond donors (Lipinski definition) is 1. The van der Waals surface area contributed by atoms with Gasteiger partial charge in [-0.3, -0.25) is 9.69 Å². The molecule has 0 radical (unpaired) electrons. The fraction of sp³-hybridized carbons (Fsp3) is 0.333. The van der Waals surface area contributed by atoms with Crippen molar-refractivity contribution in [2.45, 2.75) is 31.8 Å². The monoisotopic (exact) mass is 392 g/mol. The second-order valence-corrected chi connectivity index (χ2v) is 7.13. The van der Waals surface area contributed by atoms with Crippen LogP contribution in [0.3, 0.4) is 0 Å². The lowest BCUT2D eigenvalue weighted by molar-refractivity contribution is -0.122. The highest BCUT2D eigenvalue weighted by molar-refractivity contribution is 5.94. The fourth-order valence-electron chi connectivity index (χ4n) is 3.46. The van der Waals surface area contributed by atoms with Gasteiger partial charge in [-0.05, 0) is 37.6 Å². The summed E-state index contributed by atoms with van der Waals surface area (Å²) in [5, 5.41) is 11.1. The van der Waals surface area contributed by atoms with Crippen LogP contribution in [0.25, 0.3) is 0 Å². The summed E-state index contributed by atoms with van der Waals surface area (Å²) in [4.78, 5) is 19.4. The number of carbonyl (C=O) groups excluding carboxylic acids is 1. The Morgan fingerprint density at radius 2 is 2.07 bits per heavy atom. The van der Waals surface area contributed by atoms with Crippen LogP contribution in [0.2, 0.25) is 0 Å².